The van der Waals surface area contributed by atoms with Crippen molar-refractivity contribution >= 4 is 16.5 Å². The number of piperidine rings is 1. The molecule has 0 aromatic carbocycles. The Bertz CT molecular complexity index is 384. The molecule has 1 aliphatic heterocycles. The highest BCUT2D eigenvalue weighted by Crippen LogP contribution is 2.26. The number of hydrogen-bond donors (Lipinski definition) is 1. The molecule has 2 rings (SSSR count). The molecular formula is C12H22N4OS. The fourth-order valence-corrected chi connectivity index (χ4v) is 3.07. The van der Waals surface area contributed by atoms with Crippen molar-refractivity contribution in [3.63, 3.8) is 0 Å². The second-order valence-corrected chi connectivity index (χ2v) is 5.80. The topological polar surface area (TPSA) is 50.3 Å². The van der Waals surface area contributed by atoms with Crippen LogP contribution in [-0.2, 0) is 11.3 Å². The lowest BCUT2D eigenvalue weighted by atomic mass is 9.95. The smallest absolute Gasteiger partial charge is 0.134 e. The van der Waals surface area contributed by atoms with E-state index in [1.54, 1.807) is 7.11 Å². The van der Waals surface area contributed by atoms with E-state index in [0.29, 0.717) is 0 Å². The Labute approximate surface area is 113 Å². The number of anilines is 1. The Hall–Kier alpha value is -0.720. The average molecular weight is 270 g/mol. The van der Waals surface area contributed by atoms with E-state index in [-0.39, 0.29) is 5.60 Å². The molecule has 0 spiro atoms. The zero-order valence-electron chi connectivity index (χ0n) is 11.4. The summed E-state index contributed by atoms with van der Waals surface area (Å²) in [5.74, 6) is 0. The van der Waals surface area contributed by atoms with E-state index in [1.807, 2.05) is 0 Å². The monoisotopic (exact) mass is 270 g/mol. The van der Waals surface area contributed by atoms with Gasteiger partial charge in [-0.3, -0.25) is 4.90 Å². The SMILES string of the molecule is CCNc1snnc1CN1CCCC(C)(OC)C1. The maximum absolute atomic E-state index is 5.62. The Kier molecular flexibility index (Phi) is 4.53. The molecule has 5 nitrogen and oxygen atoms in total. The van der Waals surface area contributed by atoms with Crippen LogP contribution in [0, 0.1) is 0 Å². The Morgan fingerprint density at radius 2 is 2.39 bits per heavy atom. The minimum atomic E-state index is -0.0138. The molecule has 1 atom stereocenters. The lowest BCUT2D eigenvalue weighted by Gasteiger charge is -2.39. The molecule has 1 saturated heterocycles. The zero-order chi connectivity index (χ0) is 13.0. The van der Waals surface area contributed by atoms with Gasteiger partial charge in [-0.1, -0.05) is 4.49 Å². The van der Waals surface area contributed by atoms with Gasteiger partial charge in [-0.25, -0.2) is 0 Å². The Morgan fingerprint density at radius 3 is 3.11 bits per heavy atom. The molecule has 0 aliphatic carbocycles. The van der Waals surface area contributed by atoms with Crippen molar-refractivity contribution < 1.29 is 4.74 Å². The third-order valence-corrected chi connectivity index (χ3v) is 4.22. The maximum atomic E-state index is 5.62. The van der Waals surface area contributed by atoms with Crippen molar-refractivity contribution in [3.8, 4) is 0 Å². The van der Waals surface area contributed by atoms with E-state index in [0.717, 1.165) is 43.3 Å². The molecule has 6 heteroatoms. The van der Waals surface area contributed by atoms with Crippen LogP contribution in [-0.4, -0.2) is 46.8 Å². The fourth-order valence-electron chi connectivity index (χ4n) is 2.43. The van der Waals surface area contributed by atoms with Crippen LogP contribution in [0.5, 0.6) is 0 Å². The summed E-state index contributed by atoms with van der Waals surface area (Å²) in [5.41, 5.74) is 1.04. The Balaban J connectivity index is 1.98. The van der Waals surface area contributed by atoms with Crippen LogP contribution in [0.3, 0.4) is 0 Å². The molecule has 1 aromatic heterocycles. The van der Waals surface area contributed by atoms with E-state index >= 15 is 0 Å². The Morgan fingerprint density at radius 1 is 1.56 bits per heavy atom. The molecule has 1 aliphatic rings. The van der Waals surface area contributed by atoms with Gasteiger partial charge < -0.3 is 10.1 Å². The first-order valence-corrected chi connectivity index (χ1v) is 7.27. The molecule has 2 heterocycles. The minimum absolute atomic E-state index is 0.0138. The van der Waals surface area contributed by atoms with Crippen LogP contribution < -0.4 is 5.32 Å². The van der Waals surface area contributed by atoms with Crippen LogP contribution >= 0.6 is 11.5 Å². The first-order valence-electron chi connectivity index (χ1n) is 6.49. The van der Waals surface area contributed by atoms with Gasteiger partial charge in [0.25, 0.3) is 0 Å². The second-order valence-electron chi connectivity index (χ2n) is 5.05. The molecule has 0 bridgehead atoms. The van der Waals surface area contributed by atoms with E-state index in [1.165, 1.54) is 18.0 Å². The summed E-state index contributed by atoms with van der Waals surface area (Å²) in [6.07, 6.45) is 2.31. The first-order chi connectivity index (χ1) is 8.67. The van der Waals surface area contributed by atoms with Gasteiger partial charge in [-0.15, -0.1) is 5.10 Å². The summed E-state index contributed by atoms with van der Waals surface area (Å²) < 4.78 is 9.65. The average Bonchev–Trinajstić information content (AvgIpc) is 2.77. The molecule has 102 valence electrons. The van der Waals surface area contributed by atoms with Gasteiger partial charge in [-0.05, 0) is 33.2 Å². The predicted octanol–water partition coefficient (Wildman–Crippen LogP) is 1.97. The third kappa shape index (κ3) is 3.18. The van der Waals surface area contributed by atoms with Crippen LogP contribution in [0.4, 0.5) is 5.00 Å². The summed E-state index contributed by atoms with van der Waals surface area (Å²) in [7, 11) is 1.80. The third-order valence-electron chi connectivity index (χ3n) is 3.50. The van der Waals surface area contributed by atoms with Crippen molar-refractivity contribution in [2.45, 2.75) is 38.8 Å². The number of likely N-dealkylation sites (tertiary alicyclic amines) is 1. The van der Waals surface area contributed by atoms with Crippen molar-refractivity contribution in [2.24, 2.45) is 0 Å². The number of hydrogen-bond acceptors (Lipinski definition) is 6. The molecular weight excluding hydrogens is 248 g/mol. The largest absolute Gasteiger partial charge is 0.377 e. The van der Waals surface area contributed by atoms with Gasteiger partial charge in [0.05, 0.1) is 5.60 Å². The summed E-state index contributed by atoms with van der Waals surface area (Å²) >= 11 is 1.44. The number of nitrogens with zero attached hydrogens (tertiary/aromatic N) is 3. The van der Waals surface area contributed by atoms with Crippen molar-refractivity contribution in [3.05, 3.63) is 5.69 Å². The van der Waals surface area contributed by atoms with Gasteiger partial charge in [0.2, 0.25) is 0 Å². The highest BCUT2D eigenvalue weighted by molar-refractivity contribution is 7.10. The fraction of sp³-hybridized carbons (Fsp3) is 0.833. The summed E-state index contributed by atoms with van der Waals surface area (Å²) in [6.45, 7) is 8.12. The van der Waals surface area contributed by atoms with Crippen LogP contribution in [0.15, 0.2) is 0 Å². The van der Waals surface area contributed by atoms with Crippen molar-refractivity contribution in [1.29, 1.82) is 0 Å². The van der Waals surface area contributed by atoms with Crippen LogP contribution in [0.25, 0.3) is 0 Å². The van der Waals surface area contributed by atoms with Gasteiger partial charge >= 0.3 is 0 Å². The van der Waals surface area contributed by atoms with Gasteiger partial charge in [0, 0.05) is 38.3 Å². The van der Waals surface area contributed by atoms with E-state index < -0.39 is 0 Å². The predicted molar refractivity (Wildman–Crippen MR) is 74.0 cm³/mol. The van der Waals surface area contributed by atoms with E-state index in [4.69, 9.17) is 4.74 Å². The standard InChI is InChI=1S/C12H22N4OS/c1-4-13-11-10(14-15-18-11)8-16-7-5-6-12(2,9-16)17-3/h13H,4-9H2,1-3H3. The number of methoxy groups -OCH3 is 1. The van der Waals surface area contributed by atoms with E-state index in [9.17, 15) is 0 Å². The van der Waals surface area contributed by atoms with Gasteiger partial charge in [0.15, 0.2) is 0 Å². The molecule has 0 saturated carbocycles. The maximum Gasteiger partial charge on any atom is 0.134 e. The number of rotatable bonds is 5. The molecule has 1 fully saturated rings. The quantitative estimate of drug-likeness (QED) is 0.886. The number of nitrogens with one attached hydrogen (secondary N) is 1. The minimum Gasteiger partial charge on any atom is -0.377 e. The van der Waals surface area contributed by atoms with Crippen molar-refractivity contribution in [1.82, 2.24) is 14.5 Å². The second kappa shape index (κ2) is 5.95. The summed E-state index contributed by atoms with van der Waals surface area (Å²) in [5, 5.41) is 8.64. The lowest BCUT2D eigenvalue weighted by Crippen LogP contribution is -2.46. The molecule has 0 radical (unpaired) electrons. The zero-order valence-corrected chi connectivity index (χ0v) is 12.2. The highest BCUT2D eigenvalue weighted by atomic mass is 32.1. The summed E-state index contributed by atoms with van der Waals surface area (Å²) in [4.78, 5) is 2.41. The lowest BCUT2D eigenvalue weighted by molar-refractivity contribution is -0.0529. The van der Waals surface area contributed by atoms with Gasteiger partial charge in [-0.2, -0.15) is 0 Å². The van der Waals surface area contributed by atoms with Crippen LogP contribution in [0.2, 0.25) is 0 Å². The van der Waals surface area contributed by atoms with Gasteiger partial charge in [0.1, 0.15) is 10.7 Å². The molecule has 0 amide bonds. The number of aromatic nitrogens is 2. The molecule has 1 aromatic rings. The first kappa shape index (κ1) is 13.7. The van der Waals surface area contributed by atoms with E-state index in [2.05, 4.69) is 33.7 Å². The molecule has 1 N–H and O–H groups in total. The molecule has 1 unspecified atom stereocenters. The van der Waals surface area contributed by atoms with Crippen LogP contribution in [0.1, 0.15) is 32.4 Å². The normalized spacial score (nSPS) is 25.3. The number of ether oxygens (including phenoxy) is 1. The molecule has 18 heavy (non-hydrogen) atoms. The van der Waals surface area contributed by atoms with Crippen molar-refractivity contribution in [2.75, 3.05) is 32.1 Å². The summed E-state index contributed by atoms with van der Waals surface area (Å²) in [6, 6.07) is 0. The highest BCUT2D eigenvalue weighted by Gasteiger charge is 2.31.